The molecule has 3 atom stereocenters. The molecule has 1 saturated carbocycles. The number of nitrogens with zero attached hydrogens (tertiary/aromatic N) is 1. The van der Waals surface area contributed by atoms with Crippen LogP contribution in [-0.2, 0) is 9.53 Å². The Morgan fingerprint density at radius 2 is 1.95 bits per heavy atom. The molecule has 21 heavy (non-hydrogen) atoms. The molecule has 0 amide bonds. The fourth-order valence-electron chi connectivity index (χ4n) is 4.03. The van der Waals surface area contributed by atoms with Crippen molar-refractivity contribution in [1.82, 2.24) is 10.2 Å². The summed E-state index contributed by atoms with van der Waals surface area (Å²) >= 11 is 0. The third kappa shape index (κ3) is 4.68. The van der Waals surface area contributed by atoms with Gasteiger partial charge in [0.1, 0.15) is 6.04 Å². The minimum atomic E-state index is -0.189. The molecule has 4 nitrogen and oxygen atoms in total. The number of carbonyl (C=O) groups excluding carboxylic acids is 1. The number of likely N-dealkylation sites (tertiary alicyclic amines) is 1. The predicted molar refractivity (Wildman–Crippen MR) is 85.2 cm³/mol. The van der Waals surface area contributed by atoms with Crippen molar-refractivity contribution in [3.8, 4) is 0 Å². The van der Waals surface area contributed by atoms with Crippen LogP contribution in [0.4, 0.5) is 0 Å². The lowest BCUT2D eigenvalue weighted by molar-refractivity contribution is -0.146. The summed E-state index contributed by atoms with van der Waals surface area (Å²) in [5, 5.41) is 3.39. The van der Waals surface area contributed by atoms with Gasteiger partial charge in [-0.05, 0) is 45.1 Å². The normalized spacial score (nSPS) is 28.2. The molecule has 122 valence electrons. The molecule has 1 aliphatic carbocycles. The molecule has 1 N–H and O–H groups in total. The largest absolute Gasteiger partial charge is 0.465 e. The second-order valence-electron chi connectivity index (χ2n) is 6.88. The summed E-state index contributed by atoms with van der Waals surface area (Å²) in [5.41, 5.74) is 0. The first-order chi connectivity index (χ1) is 10.1. The highest BCUT2D eigenvalue weighted by Crippen LogP contribution is 2.35. The molecule has 1 aliphatic heterocycles. The van der Waals surface area contributed by atoms with E-state index in [-0.39, 0.29) is 12.0 Å². The standard InChI is InChI=1S/C17H32N2O2/c1-4-21-17(20)15(18-13(2)3)12-19-11-7-9-14-8-5-6-10-16(14)19/h13-16,18H,4-12H2,1-3H3/t14-,15?,16-/m1/s1. The Kier molecular flexibility index (Phi) is 6.49. The summed E-state index contributed by atoms with van der Waals surface area (Å²) in [6, 6.07) is 0.801. The van der Waals surface area contributed by atoms with Crippen molar-refractivity contribution in [2.45, 2.75) is 77.4 Å². The van der Waals surface area contributed by atoms with Gasteiger partial charge in [0.15, 0.2) is 0 Å². The lowest BCUT2D eigenvalue weighted by Gasteiger charge is -2.45. The molecule has 0 bridgehead atoms. The molecule has 0 aromatic rings. The van der Waals surface area contributed by atoms with Gasteiger partial charge in [0, 0.05) is 18.6 Å². The van der Waals surface area contributed by atoms with Crippen LogP contribution in [0.15, 0.2) is 0 Å². The summed E-state index contributed by atoms with van der Waals surface area (Å²) in [7, 11) is 0. The average Bonchev–Trinajstić information content (AvgIpc) is 2.46. The first-order valence-electron chi connectivity index (χ1n) is 8.78. The Morgan fingerprint density at radius 1 is 1.24 bits per heavy atom. The van der Waals surface area contributed by atoms with Gasteiger partial charge in [0.25, 0.3) is 0 Å². The van der Waals surface area contributed by atoms with E-state index >= 15 is 0 Å². The third-order valence-corrected chi connectivity index (χ3v) is 4.88. The first-order valence-corrected chi connectivity index (χ1v) is 8.78. The molecule has 0 spiro atoms. The van der Waals surface area contributed by atoms with Gasteiger partial charge in [-0.3, -0.25) is 9.69 Å². The number of hydrogen-bond acceptors (Lipinski definition) is 4. The van der Waals surface area contributed by atoms with Crippen molar-refractivity contribution in [2.24, 2.45) is 5.92 Å². The molecule has 0 aromatic carbocycles. The number of piperidine rings is 1. The van der Waals surface area contributed by atoms with E-state index in [0.29, 0.717) is 18.7 Å². The predicted octanol–water partition coefficient (Wildman–Crippen LogP) is 2.57. The maximum absolute atomic E-state index is 12.2. The number of fused-ring (bicyclic) bond motifs is 1. The second-order valence-corrected chi connectivity index (χ2v) is 6.88. The van der Waals surface area contributed by atoms with Crippen molar-refractivity contribution in [1.29, 1.82) is 0 Å². The molecule has 0 radical (unpaired) electrons. The number of hydrogen-bond donors (Lipinski definition) is 1. The fraction of sp³-hybridized carbons (Fsp3) is 0.941. The zero-order valence-corrected chi connectivity index (χ0v) is 13.9. The van der Waals surface area contributed by atoms with Crippen molar-refractivity contribution in [2.75, 3.05) is 19.7 Å². The molecule has 2 aliphatic rings. The quantitative estimate of drug-likeness (QED) is 0.765. The zero-order chi connectivity index (χ0) is 15.2. The van der Waals surface area contributed by atoms with E-state index in [1.165, 1.54) is 38.5 Å². The van der Waals surface area contributed by atoms with Gasteiger partial charge in [-0.1, -0.05) is 26.7 Å². The van der Waals surface area contributed by atoms with Crippen molar-refractivity contribution in [3.63, 3.8) is 0 Å². The van der Waals surface area contributed by atoms with Gasteiger partial charge < -0.3 is 10.1 Å². The Bertz CT molecular complexity index is 331. The summed E-state index contributed by atoms with van der Waals surface area (Å²) in [4.78, 5) is 14.8. The van der Waals surface area contributed by atoms with Crippen molar-refractivity contribution in [3.05, 3.63) is 0 Å². The number of rotatable bonds is 6. The minimum Gasteiger partial charge on any atom is -0.465 e. The highest BCUT2D eigenvalue weighted by atomic mass is 16.5. The topological polar surface area (TPSA) is 41.6 Å². The Hall–Kier alpha value is -0.610. The van der Waals surface area contributed by atoms with E-state index in [1.807, 2.05) is 6.92 Å². The second kappa shape index (κ2) is 8.14. The molecule has 4 heteroatoms. The van der Waals surface area contributed by atoms with Crippen LogP contribution in [0.3, 0.4) is 0 Å². The number of esters is 1. The van der Waals surface area contributed by atoms with Crippen LogP contribution in [0, 0.1) is 5.92 Å². The zero-order valence-electron chi connectivity index (χ0n) is 13.9. The van der Waals surface area contributed by atoms with Gasteiger partial charge in [-0.15, -0.1) is 0 Å². The molecule has 0 aromatic heterocycles. The summed E-state index contributed by atoms with van der Waals surface area (Å²) in [5.74, 6) is 0.763. The molecule has 1 saturated heterocycles. The molecular formula is C17H32N2O2. The van der Waals surface area contributed by atoms with Gasteiger partial charge in [-0.25, -0.2) is 0 Å². The molecule has 1 unspecified atom stereocenters. The smallest absolute Gasteiger partial charge is 0.324 e. The van der Waals surface area contributed by atoms with E-state index in [2.05, 4.69) is 24.1 Å². The van der Waals surface area contributed by atoms with Crippen LogP contribution in [0.25, 0.3) is 0 Å². The highest BCUT2D eigenvalue weighted by molar-refractivity contribution is 5.76. The van der Waals surface area contributed by atoms with Crippen molar-refractivity contribution >= 4 is 5.97 Å². The summed E-state index contributed by atoms with van der Waals surface area (Å²) < 4.78 is 5.25. The van der Waals surface area contributed by atoms with E-state index in [1.54, 1.807) is 0 Å². The SMILES string of the molecule is CCOC(=O)C(CN1CCC[C@H]2CCCC[C@H]21)NC(C)C. The monoisotopic (exact) mass is 296 g/mol. The maximum Gasteiger partial charge on any atom is 0.324 e. The lowest BCUT2D eigenvalue weighted by Crippen LogP contribution is -2.55. The van der Waals surface area contributed by atoms with E-state index in [9.17, 15) is 4.79 Å². The van der Waals surface area contributed by atoms with Crippen LogP contribution in [0.2, 0.25) is 0 Å². The molecule has 2 rings (SSSR count). The highest BCUT2D eigenvalue weighted by Gasteiger charge is 2.35. The number of carbonyl (C=O) groups is 1. The third-order valence-electron chi connectivity index (χ3n) is 4.88. The Balaban J connectivity index is 1.98. The summed E-state index contributed by atoms with van der Waals surface area (Å²) in [6.07, 6.45) is 8.08. The Labute approximate surface area is 129 Å². The molecule has 2 fully saturated rings. The summed E-state index contributed by atoms with van der Waals surface area (Å²) in [6.45, 7) is 8.45. The maximum atomic E-state index is 12.2. The minimum absolute atomic E-state index is 0.0934. The first kappa shape index (κ1) is 16.8. The van der Waals surface area contributed by atoms with Crippen LogP contribution in [-0.4, -0.2) is 48.7 Å². The van der Waals surface area contributed by atoms with Gasteiger partial charge >= 0.3 is 5.97 Å². The van der Waals surface area contributed by atoms with Crippen LogP contribution < -0.4 is 5.32 Å². The molecular weight excluding hydrogens is 264 g/mol. The Morgan fingerprint density at radius 3 is 2.67 bits per heavy atom. The fourth-order valence-corrected chi connectivity index (χ4v) is 4.03. The van der Waals surface area contributed by atoms with Gasteiger partial charge in [0.05, 0.1) is 6.61 Å². The van der Waals surface area contributed by atoms with E-state index in [4.69, 9.17) is 4.74 Å². The van der Waals surface area contributed by atoms with Crippen LogP contribution in [0.5, 0.6) is 0 Å². The van der Waals surface area contributed by atoms with Gasteiger partial charge in [-0.2, -0.15) is 0 Å². The molecule has 1 heterocycles. The average molecular weight is 296 g/mol. The van der Waals surface area contributed by atoms with E-state index < -0.39 is 0 Å². The van der Waals surface area contributed by atoms with Crippen LogP contribution in [0.1, 0.15) is 59.3 Å². The van der Waals surface area contributed by atoms with Gasteiger partial charge in [0.2, 0.25) is 0 Å². The number of ether oxygens (including phenoxy) is 1. The lowest BCUT2D eigenvalue weighted by atomic mass is 9.78. The van der Waals surface area contributed by atoms with E-state index in [0.717, 1.165) is 19.0 Å². The van der Waals surface area contributed by atoms with Crippen LogP contribution >= 0.6 is 0 Å². The van der Waals surface area contributed by atoms with Crippen molar-refractivity contribution < 1.29 is 9.53 Å². The number of nitrogens with one attached hydrogen (secondary N) is 1.